The molecule has 0 saturated heterocycles. The number of ether oxygens (including phenoxy) is 1. The molecule has 150 valence electrons. The molecule has 3 rings (SSSR count). The first kappa shape index (κ1) is 20.1. The van der Waals surface area contributed by atoms with Crippen LogP contribution in [0.1, 0.15) is 32.1 Å². The molecular weight excluding hydrogens is 378 g/mol. The summed E-state index contributed by atoms with van der Waals surface area (Å²) in [7, 11) is 1.49. The Morgan fingerprint density at radius 2 is 2.28 bits per heavy atom. The van der Waals surface area contributed by atoms with Crippen LogP contribution in [0.5, 0.6) is 0 Å². The number of methoxy groups -OCH3 is 1. The lowest BCUT2D eigenvalue weighted by molar-refractivity contribution is -0.125. The quantitative estimate of drug-likeness (QED) is 0.234. The van der Waals surface area contributed by atoms with Gasteiger partial charge in [-0.1, -0.05) is 29.4 Å². The van der Waals surface area contributed by atoms with Gasteiger partial charge < -0.3 is 15.4 Å². The van der Waals surface area contributed by atoms with Gasteiger partial charge in [-0.3, -0.25) is 14.4 Å². The minimum atomic E-state index is -1.75. The number of nitrogens with zero attached hydrogens (tertiary/aromatic N) is 5. The zero-order valence-electron chi connectivity index (χ0n) is 15.8. The van der Waals surface area contributed by atoms with Crippen molar-refractivity contribution in [3.63, 3.8) is 0 Å². The van der Waals surface area contributed by atoms with Crippen molar-refractivity contribution in [1.29, 1.82) is 0 Å². The number of aromatic nitrogens is 2. The number of hydrogen-bond donors (Lipinski definition) is 2. The van der Waals surface area contributed by atoms with Gasteiger partial charge in [-0.2, -0.15) is 5.10 Å². The first-order chi connectivity index (χ1) is 14.0. The van der Waals surface area contributed by atoms with Gasteiger partial charge in [-0.05, 0) is 29.6 Å². The van der Waals surface area contributed by atoms with Gasteiger partial charge in [0.2, 0.25) is 5.91 Å². The largest absolute Gasteiger partial charge is 0.383 e. The van der Waals surface area contributed by atoms with Crippen LogP contribution >= 0.6 is 0 Å². The fraction of sp³-hybridized carbons (Fsp3) is 0.333. The van der Waals surface area contributed by atoms with Crippen molar-refractivity contribution >= 4 is 18.1 Å². The van der Waals surface area contributed by atoms with E-state index in [1.165, 1.54) is 13.2 Å². The Kier molecular flexibility index (Phi) is 5.62. The zero-order chi connectivity index (χ0) is 21.0. The monoisotopic (exact) mass is 397 g/mol. The van der Waals surface area contributed by atoms with Crippen LogP contribution in [0.4, 0.5) is 0 Å². The molecule has 2 atom stereocenters. The second kappa shape index (κ2) is 8.13. The Hall–Kier alpha value is -3.69. The summed E-state index contributed by atoms with van der Waals surface area (Å²) in [5.41, 5.74) is 8.79. The van der Waals surface area contributed by atoms with E-state index in [1.807, 2.05) is 0 Å². The molecule has 1 aromatic carbocycles. The first-order valence-corrected chi connectivity index (χ1v) is 8.75. The highest BCUT2D eigenvalue weighted by atomic mass is 16.5. The van der Waals surface area contributed by atoms with Crippen molar-refractivity contribution in [2.45, 2.75) is 18.6 Å². The van der Waals surface area contributed by atoms with Gasteiger partial charge in [0.05, 0.1) is 6.61 Å². The van der Waals surface area contributed by atoms with E-state index < -0.39 is 23.5 Å². The molecule has 0 fully saturated rings. The van der Waals surface area contributed by atoms with Gasteiger partial charge in [0.15, 0.2) is 11.9 Å². The molecule has 2 N–H and O–H groups in total. The standard InChI is InChI=1S/C18H19N7O4/c1-11-5-3-4-6-13(11)18(23-24-19)15(17(28)20-7-8-29-2)21-16(27)14-9-12(10-26)22-25(14)18/h3-6,9-10,15H,7-8H2,1-2H3,(H,20,28)(H,21,27). The molecule has 1 aliphatic rings. The highest BCUT2D eigenvalue weighted by Gasteiger charge is 2.53. The van der Waals surface area contributed by atoms with Crippen LogP contribution < -0.4 is 10.6 Å². The highest BCUT2D eigenvalue weighted by molar-refractivity contribution is 5.99. The number of carbonyl (C=O) groups excluding carboxylic acids is 3. The van der Waals surface area contributed by atoms with Crippen LogP contribution in [0.15, 0.2) is 35.4 Å². The van der Waals surface area contributed by atoms with E-state index in [2.05, 4.69) is 25.8 Å². The van der Waals surface area contributed by atoms with Gasteiger partial charge in [0.1, 0.15) is 17.4 Å². The van der Waals surface area contributed by atoms with Crippen LogP contribution in [0.2, 0.25) is 0 Å². The summed E-state index contributed by atoms with van der Waals surface area (Å²) in [6.45, 7) is 2.23. The van der Waals surface area contributed by atoms with Crippen LogP contribution in [-0.2, 0) is 15.2 Å². The minimum Gasteiger partial charge on any atom is -0.383 e. The highest BCUT2D eigenvalue weighted by Crippen LogP contribution is 2.38. The molecule has 2 unspecified atom stereocenters. The predicted octanol–water partition coefficient (Wildman–Crippen LogP) is 0.890. The third kappa shape index (κ3) is 3.33. The molecular formula is C18H19N7O4. The lowest BCUT2D eigenvalue weighted by atomic mass is 9.86. The van der Waals surface area contributed by atoms with Crippen LogP contribution in [0, 0.1) is 6.92 Å². The topological polar surface area (TPSA) is 151 Å². The van der Waals surface area contributed by atoms with Crippen molar-refractivity contribution in [2.75, 3.05) is 20.3 Å². The number of rotatable bonds is 7. The third-order valence-corrected chi connectivity index (χ3v) is 4.69. The molecule has 29 heavy (non-hydrogen) atoms. The normalized spacial score (nSPS) is 20.2. The number of nitrogens with one attached hydrogen (secondary N) is 2. The Morgan fingerprint density at radius 3 is 2.93 bits per heavy atom. The molecule has 1 aliphatic heterocycles. The Labute approximate surface area is 165 Å². The summed E-state index contributed by atoms with van der Waals surface area (Å²) >= 11 is 0. The summed E-state index contributed by atoms with van der Waals surface area (Å²) in [5.74, 6) is -1.20. The van der Waals surface area contributed by atoms with E-state index in [1.54, 1.807) is 31.2 Å². The second-order valence-corrected chi connectivity index (χ2v) is 6.40. The van der Waals surface area contributed by atoms with Crippen LogP contribution in [0.3, 0.4) is 0 Å². The SMILES string of the molecule is COCCNC(=O)C1NC(=O)c2cc(C=O)nn2C1(N=[N+]=[N-])c1ccccc1C. The van der Waals surface area contributed by atoms with Crippen molar-refractivity contribution in [3.05, 3.63) is 63.3 Å². The molecule has 11 nitrogen and oxygen atoms in total. The maximum absolute atomic E-state index is 13.0. The fourth-order valence-corrected chi connectivity index (χ4v) is 3.41. The molecule has 11 heteroatoms. The van der Waals surface area contributed by atoms with E-state index in [9.17, 15) is 19.9 Å². The number of carbonyl (C=O) groups is 3. The summed E-state index contributed by atoms with van der Waals surface area (Å²) in [6, 6.07) is 6.94. The molecule has 2 amide bonds. The minimum absolute atomic E-state index is 0.00342. The second-order valence-electron chi connectivity index (χ2n) is 6.40. The number of amides is 2. The van der Waals surface area contributed by atoms with Gasteiger partial charge in [0.25, 0.3) is 5.91 Å². The smallest absolute Gasteiger partial charge is 0.270 e. The van der Waals surface area contributed by atoms with Crippen molar-refractivity contribution in [1.82, 2.24) is 20.4 Å². The molecule has 0 aliphatic carbocycles. The van der Waals surface area contributed by atoms with Gasteiger partial charge in [-0.15, -0.1) is 0 Å². The Morgan fingerprint density at radius 1 is 1.52 bits per heavy atom. The third-order valence-electron chi connectivity index (χ3n) is 4.69. The molecule has 1 aromatic heterocycles. The average Bonchev–Trinajstić information content (AvgIpc) is 3.16. The lowest BCUT2D eigenvalue weighted by Crippen LogP contribution is -2.65. The molecule has 0 bridgehead atoms. The predicted molar refractivity (Wildman–Crippen MR) is 101 cm³/mol. The van der Waals surface area contributed by atoms with Gasteiger partial charge in [0, 0.05) is 18.6 Å². The van der Waals surface area contributed by atoms with Crippen molar-refractivity contribution in [2.24, 2.45) is 5.11 Å². The van der Waals surface area contributed by atoms with E-state index in [0.29, 0.717) is 17.4 Å². The number of aryl methyl sites for hydroxylation is 1. The lowest BCUT2D eigenvalue weighted by Gasteiger charge is -2.41. The maximum Gasteiger partial charge on any atom is 0.270 e. The number of benzene rings is 1. The number of azide groups is 1. The van der Waals surface area contributed by atoms with Gasteiger partial charge >= 0.3 is 0 Å². The summed E-state index contributed by atoms with van der Waals surface area (Å²) in [5, 5.41) is 13.4. The Bertz CT molecular complexity index is 1010. The summed E-state index contributed by atoms with van der Waals surface area (Å²) < 4.78 is 6.09. The Balaban J connectivity index is 2.28. The van der Waals surface area contributed by atoms with Crippen molar-refractivity contribution in [3.8, 4) is 0 Å². The molecule has 2 heterocycles. The van der Waals surface area contributed by atoms with Gasteiger partial charge in [-0.25, -0.2) is 4.68 Å². The van der Waals surface area contributed by atoms with E-state index in [0.717, 1.165) is 4.68 Å². The summed E-state index contributed by atoms with van der Waals surface area (Å²) in [6.07, 6.45) is 0.477. The van der Waals surface area contributed by atoms with Crippen LogP contribution in [-0.4, -0.2) is 54.2 Å². The fourth-order valence-electron chi connectivity index (χ4n) is 3.41. The summed E-state index contributed by atoms with van der Waals surface area (Å²) in [4.78, 5) is 39.9. The average molecular weight is 397 g/mol. The number of fused-ring (bicyclic) bond motifs is 1. The van der Waals surface area contributed by atoms with E-state index in [4.69, 9.17) is 4.74 Å². The zero-order valence-corrected chi connectivity index (χ0v) is 15.8. The number of aldehydes is 1. The molecule has 0 radical (unpaired) electrons. The molecule has 2 aromatic rings. The van der Waals surface area contributed by atoms with E-state index >= 15 is 0 Å². The maximum atomic E-state index is 13.0. The van der Waals surface area contributed by atoms with Crippen molar-refractivity contribution < 1.29 is 19.1 Å². The van der Waals surface area contributed by atoms with E-state index in [-0.39, 0.29) is 24.5 Å². The molecule has 0 saturated carbocycles. The van der Waals surface area contributed by atoms with Crippen LogP contribution in [0.25, 0.3) is 10.4 Å². The first-order valence-electron chi connectivity index (χ1n) is 8.75. The molecule has 0 spiro atoms. The number of hydrogen-bond acceptors (Lipinski definition) is 6.